The molecule has 3 rings (SSSR count). The maximum atomic E-state index is 12.2. The second kappa shape index (κ2) is 7.82. The van der Waals surface area contributed by atoms with Gasteiger partial charge in [0.05, 0.1) is 30.4 Å². The lowest BCUT2D eigenvalue weighted by molar-refractivity contribution is -0.144. The summed E-state index contributed by atoms with van der Waals surface area (Å²) in [7, 11) is 1.63. The van der Waals surface area contributed by atoms with Crippen molar-refractivity contribution in [3.05, 3.63) is 41.1 Å². The normalized spacial score (nSPS) is 16.4. The molecule has 2 aromatic rings. The molecule has 0 saturated carbocycles. The summed E-state index contributed by atoms with van der Waals surface area (Å²) in [5, 5.41) is 7.23. The van der Waals surface area contributed by atoms with Gasteiger partial charge in [-0.25, -0.2) is 4.68 Å². The highest BCUT2D eigenvalue weighted by atomic mass is 32.2. The van der Waals surface area contributed by atoms with Crippen molar-refractivity contribution in [1.29, 1.82) is 0 Å². The first-order valence-electron chi connectivity index (χ1n) is 8.32. The second-order valence-corrected chi connectivity index (χ2v) is 6.88. The van der Waals surface area contributed by atoms with Crippen LogP contribution in [0.4, 0.5) is 5.82 Å². The number of carbonyl (C=O) groups is 2. The molecule has 8 heteroatoms. The minimum absolute atomic E-state index is 0.0480. The lowest BCUT2D eigenvalue weighted by atomic mass is 10.0. The number of anilines is 1. The molecule has 1 aromatic carbocycles. The van der Waals surface area contributed by atoms with E-state index < -0.39 is 5.97 Å². The Balaban J connectivity index is 2.08. The number of hydrogen-bond donors (Lipinski definition) is 1. The van der Waals surface area contributed by atoms with Crippen molar-refractivity contribution in [3.63, 3.8) is 0 Å². The van der Waals surface area contributed by atoms with E-state index in [1.165, 1.54) is 16.4 Å². The number of aryl methyl sites for hydroxylation is 1. The van der Waals surface area contributed by atoms with Crippen LogP contribution in [0.1, 0.15) is 29.0 Å². The van der Waals surface area contributed by atoms with E-state index in [0.29, 0.717) is 18.2 Å². The van der Waals surface area contributed by atoms with Gasteiger partial charge in [-0.15, -0.1) is 11.8 Å². The molecule has 1 aliphatic heterocycles. The summed E-state index contributed by atoms with van der Waals surface area (Å²) in [4.78, 5) is 24.1. The quantitative estimate of drug-likeness (QED) is 0.809. The van der Waals surface area contributed by atoms with Gasteiger partial charge >= 0.3 is 5.97 Å². The first kappa shape index (κ1) is 18.3. The van der Waals surface area contributed by atoms with Crippen molar-refractivity contribution in [1.82, 2.24) is 9.78 Å². The molecule has 0 aliphatic carbocycles. The number of ether oxygens (including phenoxy) is 2. The molecule has 0 spiro atoms. The van der Waals surface area contributed by atoms with Crippen molar-refractivity contribution in [3.8, 4) is 5.75 Å². The first-order chi connectivity index (χ1) is 12.5. The summed E-state index contributed by atoms with van der Waals surface area (Å²) in [6.45, 7) is 3.88. The number of nitrogens with zero attached hydrogens (tertiary/aromatic N) is 2. The van der Waals surface area contributed by atoms with Gasteiger partial charge in [0.15, 0.2) is 0 Å². The van der Waals surface area contributed by atoms with Crippen LogP contribution >= 0.6 is 11.8 Å². The Bertz CT molecular complexity index is 834. The van der Waals surface area contributed by atoms with E-state index in [4.69, 9.17) is 9.47 Å². The van der Waals surface area contributed by atoms with Crippen LogP contribution in [0, 0.1) is 6.92 Å². The van der Waals surface area contributed by atoms with Crippen LogP contribution in [0.2, 0.25) is 0 Å². The lowest BCUT2D eigenvalue weighted by Crippen LogP contribution is -2.20. The number of para-hydroxylation sites is 1. The van der Waals surface area contributed by atoms with Gasteiger partial charge < -0.3 is 14.8 Å². The number of aromatic nitrogens is 2. The molecule has 1 aromatic heterocycles. The predicted octanol–water partition coefficient (Wildman–Crippen LogP) is 2.54. The molecular weight excluding hydrogens is 354 g/mol. The zero-order chi connectivity index (χ0) is 18.7. The number of esters is 1. The average Bonchev–Trinajstić information content (AvgIpc) is 2.80. The second-order valence-electron chi connectivity index (χ2n) is 5.79. The Hall–Kier alpha value is -2.48. The average molecular weight is 375 g/mol. The van der Waals surface area contributed by atoms with Crippen molar-refractivity contribution in [2.75, 3.05) is 24.8 Å². The summed E-state index contributed by atoms with van der Waals surface area (Å²) in [5.41, 5.74) is 2.61. The van der Waals surface area contributed by atoms with Crippen LogP contribution in [0.3, 0.4) is 0 Å². The monoisotopic (exact) mass is 375 g/mol. The molecule has 1 unspecified atom stereocenters. The highest BCUT2D eigenvalue weighted by Gasteiger charge is 2.32. The van der Waals surface area contributed by atoms with E-state index in [1.54, 1.807) is 14.0 Å². The van der Waals surface area contributed by atoms with Gasteiger partial charge in [0.1, 0.15) is 18.1 Å². The highest BCUT2D eigenvalue weighted by molar-refractivity contribution is 8.00. The fourth-order valence-electron chi connectivity index (χ4n) is 3.02. The van der Waals surface area contributed by atoms with Crippen LogP contribution in [0.15, 0.2) is 24.3 Å². The summed E-state index contributed by atoms with van der Waals surface area (Å²) in [6.07, 6.45) is 0. The van der Waals surface area contributed by atoms with Gasteiger partial charge in [-0.2, -0.15) is 5.10 Å². The molecule has 2 heterocycles. The summed E-state index contributed by atoms with van der Waals surface area (Å²) in [6, 6.07) is 7.73. The van der Waals surface area contributed by atoms with Gasteiger partial charge in [-0.05, 0) is 19.9 Å². The molecule has 1 amide bonds. The molecule has 0 radical (unpaired) electrons. The number of thioether (sulfide) groups is 1. The van der Waals surface area contributed by atoms with E-state index in [0.717, 1.165) is 22.6 Å². The molecule has 0 saturated heterocycles. The molecule has 0 bridgehead atoms. The Kier molecular flexibility index (Phi) is 5.51. The Labute approximate surface area is 156 Å². The number of methoxy groups -OCH3 is 1. The maximum absolute atomic E-state index is 12.2. The van der Waals surface area contributed by atoms with Crippen LogP contribution < -0.4 is 10.1 Å². The third kappa shape index (κ3) is 3.55. The van der Waals surface area contributed by atoms with Gasteiger partial charge in [0, 0.05) is 11.1 Å². The number of hydrogen-bond acceptors (Lipinski definition) is 6. The van der Waals surface area contributed by atoms with Crippen molar-refractivity contribution >= 4 is 29.5 Å². The third-order valence-electron chi connectivity index (χ3n) is 4.08. The van der Waals surface area contributed by atoms with E-state index in [-0.39, 0.29) is 17.7 Å². The molecule has 1 aliphatic rings. The smallest absolute Gasteiger partial charge is 0.327 e. The fourth-order valence-corrected chi connectivity index (χ4v) is 4.24. The van der Waals surface area contributed by atoms with Crippen LogP contribution in [-0.2, 0) is 20.9 Å². The van der Waals surface area contributed by atoms with E-state index in [9.17, 15) is 9.59 Å². The first-order valence-corrected chi connectivity index (χ1v) is 9.37. The number of fused-ring (bicyclic) bond motifs is 1. The summed E-state index contributed by atoms with van der Waals surface area (Å²) >= 11 is 1.51. The topological polar surface area (TPSA) is 82.5 Å². The van der Waals surface area contributed by atoms with Gasteiger partial charge in [-0.1, -0.05) is 18.2 Å². The molecule has 0 fully saturated rings. The van der Waals surface area contributed by atoms with E-state index in [2.05, 4.69) is 10.4 Å². The van der Waals surface area contributed by atoms with Crippen molar-refractivity contribution < 1.29 is 19.1 Å². The minimum Gasteiger partial charge on any atom is -0.496 e. The maximum Gasteiger partial charge on any atom is 0.327 e. The van der Waals surface area contributed by atoms with Gasteiger partial charge in [0.2, 0.25) is 5.91 Å². The van der Waals surface area contributed by atoms with Crippen LogP contribution in [0.25, 0.3) is 0 Å². The van der Waals surface area contributed by atoms with Gasteiger partial charge in [0.25, 0.3) is 0 Å². The van der Waals surface area contributed by atoms with E-state index in [1.807, 2.05) is 31.2 Å². The Morgan fingerprint density at radius 2 is 2.19 bits per heavy atom. The standard InChI is InChI=1S/C18H21N3O4S/c1-4-25-15(23)9-21-18-16(11(2)20-21)17(26-10-14(22)19-18)12-7-5-6-8-13(12)24-3/h5-8,17H,4,9-10H2,1-3H3,(H,19,22). The van der Waals surface area contributed by atoms with Crippen LogP contribution in [0.5, 0.6) is 5.75 Å². The third-order valence-corrected chi connectivity index (χ3v) is 5.33. The van der Waals surface area contributed by atoms with Gasteiger partial charge in [-0.3, -0.25) is 9.59 Å². The Morgan fingerprint density at radius 3 is 2.92 bits per heavy atom. The largest absolute Gasteiger partial charge is 0.496 e. The van der Waals surface area contributed by atoms with Crippen LogP contribution in [-0.4, -0.2) is 41.1 Å². The molecule has 1 N–H and O–H groups in total. The lowest BCUT2D eigenvalue weighted by Gasteiger charge is -2.18. The fraction of sp³-hybridized carbons (Fsp3) is 0.389. The SMILES string of the molecule is CCOC(=O)Cn1nc(C)c2c1NC(=O)CSC2c1ccccc1OC. The number of carbonyl (C=O) groups excluding carboxylic acids is 2. The molecular formula is C18H21N3O4S. The number of amides is 1. The summed E-state index contributed by atoms with van der Waals surface area (Å²) in [5.74, 6) is 1.08. The molecule has 138 valence electrons. The van der Waals surface area contributed by atoms with Crippen molar-refractivity contribution in [2.24, 2.45) is 0 Å². The Morgan fingerprint density at radius 1 is 1.42 bits per heavy atom. The summed E-state index contributed by atoms with van der Waals surface area (Å²) < 4.78 is 12.0. The number of rotatable bonds is 5. The minimum atomic E-state index is -0.391. The zero-order valence-electron chi connectivity index (χ0n) is 14.9. The number of nitrogens with one attached hydrogen (secondary N) is 1. The highest BCUT2D eigenvalue weighted by Crippen LogP contribution is 2.45. The predicted molar refractivity (Wildman–Crippen MR) is 99.5 cm³/mol. The zero-order valence-corrected chi connectivity index (χ0v) is 15.8. The van der Waals surface area contributed by atoms with E-state index >= 15 is 0 Å². The van der Waals surface area contributed by atoms with Crippen molar-refractivity contribution in [2.45, 2.75) is 25.6 Å². The molecule has 7 nitrogen and oxygen atoms in total. The number of benzene rings is 1. The molecule has 26 heavy (non-hydrogen) atoms. The molecule has 1 atom stereocenters.